The second-order valence-corrected chi connectivity index (χ2v) is 4.63. The van der Waals surface area contributed by atoms with E-state index in [9.17, 15) is 9.59 Å². The van der Waals surface area contributed by atoms with Crippen LogP contribution in [0.2, 0.25) is 0 Å². The third-order valence-electron chi connectivity index (χ3n) is 2.57. The van der Waals surface area contributed by atoms with Gasteiger partial charge in [-0.3, -0.25) is 9.59 Å². The fourth-order valence-corrected chi connectivity index (χ4v) is 1.95. The lowest BCUT2D eigenvalue weighted by molar-refractivity contribution is -0.155. The Balaban J connectivity index is 2.45. The summed E-state index contributed by atoms with van der Waals surface area (Å²) in [5, 5.41) is 0. The van der Waals surface area contributed by atoms with Crippen LogP contribution in [0.5, 0.6) is 0 Å². The SMILES string of the molecule is O=C1C(=O)N(CCCS)CCN1CCCS. The number of hydrogen-bond acceptors (Lipinski definition) is 4. The molecule has 0 aliphatic carbocycles. The van der Waals surface area contributed by atoms with E-state index in [1.54, 1.807) is 9.80 Å². The topological polar surface area (TPSA) is 40.6 Å². The first kappa shape index (κ1) is 13.7. The number of nitrogens with zero attached hydrogens (tertiary/aromatic N) is 2. The predicted molar refractivity (Wildman–Crippen MR) is 70.1 cm³/mol. The van der Waals surface area contributed by atoms with Crippen molar-refractivity contribution >= 4 is 37.1 Å². The quantitative estimate of drug-likeness (QED) is 0.534. The van der Waals surface area contributed by atoms with Crippen molar-refractivity contribution in [1.82, 2.24) is 9.80 Å². The smallest absolute Gasteiger partial charge is 0.312 e. The molecule has 4 nitrogen and oxygen atoms in total. The molecule has 0 radical (unpaired) electrons. The van der Waals surface area contributed by atoms with Gasteiger partial charge in [0.25, 0.3) is 0 Å². The van der Waals surface area contributed by atoms with Crippen molar-refractivity contribution < 1.29 is 9.59 Å². The van der Waals surface area contributed by atoms with Gasteiger partial charge < -0.3 is 9.80 Å². The summed E-state index contributed by atoms with van der Waals surface area (Å²) in [5.74, 6) is 0.738. The van der Waals surface area contributed by atoms with Crippen LogP contribution in [0.25, 0.3) is 0 Å². The monoisotopic (exact) mass is 262 g/mol. The minimum Gasteiger partial charge on any atom is -0.333 e. The number of amides is 2. The van der Waals surface area contributed by atoms with E-state index < -0.39 is 0 Å². The molecule has 0 spiro atoms. The zero-order valence-corrected chi connectivity index (χ0v) is 11.1. The molecule has 1 fully saturated rings. The van der Waals surface area contributed by atoms with Gasteiger partial charge in [-0.15, -0.1) is 0 Å². The van der Waals surface area contributed by atoms with Gasteiger partial charge in [-0.25, -0.2) is 0 Å². The number of thiol groups is 2. The molecule has 6 heteroatoms. The molecule has 1 aliphatic rings. The van der Waals surface area contributed by atoms with Crippen molar-refractivity contribution in [1.29, 1.82) is 0 Å². The average molecular weight is 262 g/mol. The number of carbonyl (C=O) groups excluding carboxylic acids is 2. The van der Waals surface area contributed by atoms with Crippen LogP contribution >= 0.6 is 25.3 Å². The third-order valence-corrected chi connectivity index (χ3v) is 3.20. The van der Waals surface area contributed by atoms with Crippen LogP contribution in [0.4, 0.5) is 0 Å². The molecule has 0 aromatic carbocycles. The Kier molecular flexibility index (Phi) is 6.05. The van der Waals surface area contributed by atoms with E-state index in [1.807, 2.05) is 0 Å². The van der Waals surface area contributed by atoms with E-state index >= 15 is 0 Å². The van der Waals surface area contributed by atoms with Gasteiger partial charge in [-0.1, -0.05) is 0 Å². The largest absolute Gasteiger partial charge is 0.333 e. The third kappa shape index (κ3) is 3.59. The van der Waals surface area contributed by atoms with Crippen LogP contribution in [-0.2, 0) is 9.59 Å². The van der Waals surface area contributed by atoms with E-state index in [-0.39, 0.29) is 11.8 Å². The Labute approximate surface area is 107 Å². The van der Waals surface area contributed by atoms with Crippen LogP contribution in [0.3, 0.4) is 0 Å². The van der Waals surface area contributed by atoms with Crippen molar-refractivity contribution in [2.24, 2.45) is 0 Å². The van der Waals surface area contributed by atoms with Crippen molar-refractivity contribution in [3.63, 3.8) is 0 Å². The molecule has 1 rings (SSSR count). The molecule has 0 aromatic rings. The number of piperazine rings is 1. The lowest BCUT2D eigenvalue weighted by Gasteiger charge is -2.33. The molecule has 1 saturated heterocycles. The van der Waals surface area contributed by atoms with Gasteiger partial charge in [0.05, 0.1) is 0 Å². The van der Waals surface area contributed by atoms with Crippen molar-refractivity contribution in [3.05, 3.63) is 0 Å². The summed E-state index contributed by atoms with van der Waals surface area (Å²) >= 11 is 8.19. The molecule has 0 saturated carbocycles. The van der Waals surface area contributed by atoms with E-state index in [0.29, 0.717) is 26.2 Å². The Hall–Kier alpha value is -0.360. The summed E-state index contributed by atoms with van der Waals surface area (Å²) in [4.78, 5) is 26.6. The highest BCUT2D eigenvalue weighted by Crippen LogP contribution is 2.07. The molecule has 1 aliphatic heterocycles. The zero-order valence-electron chi connectivity index (χ0n) is 9.26. The maximum Gasteiger partial charge on any atom is 0.312 e. The van der Waals surface area contributed by atoms with Crippen LogP contribution in [-0.4, -0.2) is 59.3 Å². The zero-order chi connectivity index (χ0) is 12.0. The van der Waals surface area contributed by atoms with Crippen molar-refractivity contribution in [2.75, 3.05) is 37.7 Å². The lowest BCUT2D eigenvalue weighted by Crippen LogP contribution is -2.54. The summed E-state index contributed by atoms with van der Waals surface area (Å²) in [6, 6.07) is 0. The molecule has 0 N–H and O–H groups in total. The fraction of sp³-hybridized carbons (Fsp3) is 0.800. The van der Waals surface area contributed by atoms with Gasteiger partial charge in [0.1, 0.15) is 0 Å². The first-order valence-electron chi connectivity index (χ1n) is 5.50. The molecular weight excluding hydrogens is 244 g/mol. The standard InChI is InChI=1S/C10H18N2O2S2/c13-9-10(14)12(4-2-8-16)6-5-11(9)3-1-7-15/h15-16H,1-8H2. The summed E-state index contributed by atoms with van der Waals surface area (Å²) in [7, 11) is 0. The molecule has 2 amide bonds. The van der Waals surface area contributed by atoms with E-state index in [2.05, 4.69) is 25.3 Å². The fourth-order valence-electron chi connectivity index (χ4n) is 1.66. The van der Waals surface area contributed by atoms with Gasteiger partial charge in [-0.2, -0.15) is 25.3 Å². The molecule has 1 heterocycles. The maximum atomic E-state index is 11.7. The number of rotatable bonds is 6. The molecule has 0 atom stereocenters. The van der Waals surface area contributed by atoms with Crippen LogP contribution in [0, 0.1) is 0 Å². The second kappa shape index (κ2) is 7.06. The van der Waals surface area contributed by atoms with Crippen LogP contribution < -0.4 is 0 Å². The average Bonchev–Trinajstić information content (AvgIpc) is 2.30. The highest BCUT2D eigenvalue weighted by Gasteiger charge is 2.31. The van der Waals surface area contributed by atoms with Crippen molar-refractivity contribution in [2.45, 2.75) is 12.8 Å². The minimum atomic E-state index is -0.368. The van der Waals surface area contributed by atoms with E-state index in [1.165, 1.54) is 0 Å². The molecule has 0 bridgehead atoms. The summed E-state index contributed by atoms with van der Waals surface area (Å²) < 4.78 is 0. The Morgan fingerprint density at radius 1 is 0.875 bits per heavy atom. The Bertz CT molecular complexity index is 235. The Morgan fingerprint density at radius 3 is 1.56 bits per heavy atom. The maximum absolute atomic E-state index is 11.7. The minimum absolute atomic E-state index is 0.368. The molecule has 16 heavy (non-hydrogen) atoms. The highest BCUT2D eigenvalue weighted by molar-refractivity contribution is 7.80. The van der Waals surface area contributed by atoms with Gasteiger partial charge >= 0.3 is 11.8 Å². The molecule has 0 aromatic heterocycles. The molecule has 0 unspecified atom stereocenters. The first-order chi connectivity index (χ1) is 7.70. The predicted octanol–water partition coefficient (Wildman–Crippen LogP) is 0.297. The number of hydrogen-bond donors (Lipinski definition) is 2. The van der Waals surface area contributed by atoms with Crippen molar-refractivity contribution in [3.8, 4) is 0 Å². The second-order valence-electron chi connectivity index (χ2n) is 3.74. The highest BCUT2D eigenvalue weighted by atomic mass is 32.1. The Morgan fingerprint density at radius 2 is 1.25 bits per heavy atom. The lowest BCUT2D eigenvalue weighted by atomic mass is 10.2. The van der Waals surface area contributed by atoms with E-state index in [0.717, 1.165) is 24.3 Å². The summed E-state index contributed by atoms with van der Waals surface area (Å²) in [6.07, 6.45) is 1.66. The van der Waals surface area contributed by atoms with Gasteiger partial charge in [0.2, 0.25) is 0 Å². The first-order valence-corrected chi connectivity index (χ1v) is 6.77. The molecule has 92 valence electrons. The summed E-state index contributed by atoms with van der Waals surface area (Å²) in [5.41, 5.74) is 0. The van der Waals surface area contributed by atoms with Gasteiger partial charge in [0, 0.05) is 26.2 Å². The number of carbonyl (C=O) groups is 2. The molecular formula is C10H18N2O2S2. The normalized spacial score (nSPS) is 17.1. The van der Waals surface area contributed by atoms with Gasteiger partial charge in [0.15, 0.2) is 0 Å². The van der Waals surface area contributed by atoms with Crippen LogP contribution in [0.15, 0.2) is 0 Å². The van der Waals surface area contributed by atoms with E-state index in [4.69, 9.17) is 0 Å². The summed E-state index contributed by atoms with van der Waals surface area (Å²) in [6.45, 7) is 2.55. The van der Waals surface area contributed by atoms with Crippen LogP contribution in [0.1, 0.15) is 12.8 Å². The van der Waals surface area contributed by atoms with Gasteiger partial charge in [-0.05, 0) is 24.3 Å².